The molecule has 114 valence electrons. The van der Waals surface area contributed by atoms with Crippen LogP contribution in [0.3, 0.4) is 0 Å². The van der Waals surface area contributed by atoms with Crippen molar-refractivity contribution in [2.45, 2.75) is 18.9 Å². The van der Waals surface area contributed by atoms with Gasteiger partial charge in [0.05, 0.1) is 19.8 Å². The van der Waals surface area contributed by atoms with Gasteiger partial charge < -0.3 is 19.3 Å². The van der Waals surface area contributed by atoms with Gasteiger partial charge in [0, 0.05) is 31.9 Å². The van der Waals surface area contributed by atoms with Crippen molar-refractivity contribution in [3.05, 3.63) is 18.3 Å². The maximum absolute atomic E-state index is 12.5. The summed E-state index contributed by atoms with van der Waals surface area (Å²) in [6.07, 6.45) is 3.48. The predicted octanol–water partition coefficient (Wildman–Crippen LogP) is 0.772. The van der Waals surface area contributed by atoms with Crippen molar-refractivity contribution < 1.29 is 14.3 Å². The Bertz CT molecular complexity index is 465. The molecule has 0 spiro atoms. The van der Waals surface area contributed by atoms with Crippen molar-refractivity contribution in [1.29, 1.82) is 0 Å². The van der Waals surface area contributed by atoms with Crippen molar-refractivity contribution in [2.75, 3.05) is 39.4 Å². The number of likely N-dealkylation sites (tertiary alicyclic amines) is 1. The fraction of sp³-hybridized carbons (Fsp3) is 0.643. The first kappa shape index (κ1) is 14.1. The third kappa shape index (κ3) is 3.60. The Labute approximate surface area is 123 Å². The fourth-order valence-corrected chi connectivity index (χ4v) is 2.68. The molecule has 0 unspecified atom stereocenters. The molecule has 0 N–H and O–H groups in total. The third-order valence-corrected chi connectivity index (χ3v) is 3.77. The number of hydrogen-bond donors (Lipinski definition) is 0. The molecule has 3 rings (SSSR count). The maximum atomic E-state index is 12.5. The van der Waals surface area contributed by atoms with Crippen LogP contribution < -0.4 is 4.74 Å². The van der Waals surface area contributed by atoms with Gasteiger partial charge in [0.25, 0.3) is 0 Å². The highest BCUT2D eigenvalue weighted by atomic mass is 16.5. The Morgan fingerprint density at radius 3 is 2.90 bits per heavy atom. The van der Waals surface area contributed by atoms with E-state index in [0.717, 1.165) is 19.4 Å². The van der Waals surface area contributed by atoms with E-state index in [9.17, 15) is 4.79 Å². The normalized spacial score (nSPS) is 23.0. The van der Waals surface area contributed by atoms with Gasteiger partial charge in [-0.2, -0.15) is 5.10 Å². The van der Waals surface area contributed by atoms with Gasteiger partial charge >= 0.3 is 6.03 Å². The van der Waals surface area contributed by atoms with E-state index >= 15 is 0 Å². The van der Waals surface area contributed by atoms with Gasteiger partial charge in [-0.05, 0) is 18.9 Å². The number of morpholine rings is 1. The minimum absolute atomic E-state index is 0.0135. The van der Waals surface area contributed by atoms with E-state index in [1.807, 2.05) is 9.80 Å². The molecule has 2 amide bonds. The van der Waals surface area contributed by atoms with E-state index in [4.69, 9.17) is 9.47 Å². The molecule has 2 aliphatic heterocycles. The lowest BCUT2D eigenvalue weighted by atomic mass is 10.1. The quantitative estimate of drug-likeness (QED) is 0.805. The summed E-state index contributed by atoms with van der Waals surface area (Å²) in [5, 5.41) is 7.73. The van der Waals surface area contributed by atoms with Crippen LogP contribution >= 0.6 is 0 Å². The molecule has 2 fully saturated rings. The molecular weight excluding hydrogens is 272 g/mol. The standard InChI is InChI=1S/C14H20N4O3/c19-14(17-7-9-20-10-8-17)18-6-2-3-12(11-18)21-13-4-1-5-15-16-13/h1,4-5,12H,2-3,6-11H2/t12-/m1/s1. The highest BCUT2D eigenvalue weighted by molar-refractivity contribution is 5.74. The number of carbonyl (C=O) groups is 1. The highest BCUT2D eigenvalue weighted by Gasteiger charge is 2.29. The Hall–Kier alpha value is -1.89. The molecule has 1 aromatic heterocycles. The summed E-state index contributed by atoms with van der Waals surface area (Å²) in [7, 11) is 0. The monoisotopic (exact) mass is 292 g/mol. The summed E-state index contributed by atoms with van der Waals surface area (Å²) in [5.74, 6) is 0.517. The van der Waals surface area contributed by atoms with Gasteiger partial charge in [-0.25, -0.2) is 4.79 Å². The number of aromatic nitrogens is 2. The van der Waals surface area contributed by atoms with Crippen LogP contribution in [0.5, 0.6) is 5.88 Å². The Morgan fingerprint density at radius 2 is 2.14 bits per heavy atom. The number of ether oxygens (including phenoxy) is 2. The van der Waals surface area contributed by atoms with Crippen molar-refractivity contribution in [1.82, 2.24) is 20.0 Å². The number of amides is 2. The Balaban J connectivity index is 1.56. The SMILES string of the molecule is O=C(N1CCOCC1)N1CCC[C@@H](Oc2cccnn2)C1. The predicted molar refractivity (Wildman–Crippen MR) is 75.0 cm³/mol. The minimum Gasteiger partial charge on any atom is -0.471 e. The topological polar surface area (TPSA) is 67.8 Å². The lowest BCUT2D eigenvalue weighted by Gasteiger charge is -2.37. The number of piperidine rings is 1. The summed E-state index contributed by atoms with van der Waals surface area (Å²) in [6.45, 7) is 3.98. The van der Waals surface area contributed by atoms with Crippen molar-refractivity contribution in [2.24, 2.45) is 0 Å². The van der Waals surface area contributed by atoms with E-state index < -0.39 is 0 Å². The molecule has 2 aliphatic rings. The fourth-order valence-electron chi connectivity index (χ4n) is 2.68. The molecule has 1 atom stereocenters. The second-order valence-corrected chi connectivity index (χ2v) is 5.27. The number of rotatable bonds is 2. The average Bonchev–Trinajstić information content (AvgIpc) is 2.56. The third-order valence-electron chi connectivity index (χ3n) is 3.77. The van der Waals surface area contributed by atoms with Crippen LogP contribution in [0, 0.1) is 0 Å². The van der Waals surface area contributed by atoms with E-state index in [0.29, 0.717) is 38.7 Å². The van der Waals surface area contributed by atoms with Crippen LogP contribution in [0.2, 0.25) is 0 Å². The van der Waals surface area contributed by atoms with Gasteiger partial charge in [0.2, 0.25) is 5.88 Å². The first-order chi connectivity index (χ1) is 10.3. The molecule has 0 radical (unpaired) electrons. The Kier molecular flexibility index (Phi) is 4.49. The van der Waals surface area contributed by atoms with Crippen molar-refractivity contribution >= 4 is 6.03 Å². The van der Waals surface area contributed by atoms with Crippen LogP contribution in [0.15, 0.2) is 18.3 Å². The van der Waals surface area contributed by atoms with Gasteiger partial charge in [0.1, 0.15) is 6.10 Å². The largest absolute Gasteiger partial charge is 0.471 e. The van der Waals surface area contributed by atoms with Gasteiger partial charge in [-0.1, -0.05) is 0 Å². The van der Waals surface area contributed by atoms with Crippen LogP contribution in [-0.2, 0) is 4.74 Å². The first-order valence-electron chi connectivity index (χ1n) is 7.39. The minimum atomic E-state index is -0.0135. The van der Waals surface area contributed by atoms with Crippen LogP contribution in [0.1, 0.15) is 12.8 Å². The first-order valence-corrected chi connectivity index (χ1v) is 7.39. The zero-order valence-electron chi connectivity index (χ0n) is 12.0. The molecule has 21 heavy (non-hydrogen) atoms. The van der Waals surface area contributed by atoms with Gasteiger partial charge in [-0.15, -0.1) is 5.10 Å². The Morgan fingerprint density at radius 1 is 1.29 bits per heavy atom. The summed E-state index contributed by atoms with van der Waals surface area (Å²) < 4.78 is 11.1. The number of carbonyl (C=O) groups excluding carboxylic acids is 1. The van der Waals surface area contributed by atoms with Crippen LogP contribution in [0.25, 0.3) is 0 Å². The zero-order valence-corrected chi connectivity index (χ0v) is 12.0. The molecule has 0 aliphatic carbocycles. The van der Waals surface area contributed by atoms with Crippen molar-refractivity contribution in [3.63, 3.8) is 0 Å². The smallest absolute Gasteiger partial charge is 0.320 e. The molecule has 0 saturated carbocycles. The van der Waals surface area contributed by atoms with Crippen LogP contribution in [-0.4, -0.2) is 71.5 Å². The summed E-state index contributed by atoms with van der Waals surface area (Å²) in [5.41, 5.74) is 0. The molecular formula is C14H20N4O3. The maximum Gasteiger partial charge on any atom is 0.320 e. The summed E-state index contributed by atoms with van der Waals surface area (Å²) >= 11 is 0. The molecule has 7 heteroatoms. The lowest BCUT2D eigenvalue weighted by Crippen LogP contribution is -2.52. The van der Waals surface area contributed by atoms with Crippen LogP contribution in [0.4, 0.5) is 4.79 Å². The number of urea groups is 1. The van der Waals surface area contributed by atoms with Gasteiger partial charge in [-0.3, -0.25) is 0 Å². The molecule has 0 aromatic carbocycles. The molecule has 0 bridgehead atoms. The van der Waals surface area contributed by atoms with E-state index in [1.165, 1.54) is 0 Å². The highest BCUT2D eigenvalue weighted by Crippen LogP contribution is 2.17. The summed E-state index contributed by atoms with van der Waals surface area (Å²) in [6, 6.07) is 3.67. The zero-order chi connectivity index (χ0) is 14.5. The number of nitrogens with zero attached hydrogens (tertiary/aromatic N) is 4. The van der Waals surface area contributed by atoms with Crippen molar-refractivity contribution in [3.8, 4) is 5.88 Å². The van der Waals surface area contributed by atoms with E-state index in [1.54, 1.807) is 18.3 Å². The number of hydrogen-bond acceptors (Lipinski definition) is 5. The molecule has 1 aromatic rings. The second-order valence-electron chi connectivity index (χ2n) is 5.27. The summed E-state index contributed by atoms with van der Waals surface area (Å²) in [4.78, 5) is 16.2. The average molecular weight is 292 g/mol. The van der Waals surface area contributed by atoms with E-state index in [2.05, 4.69) is 10.2 Å². The molecule has 3 heterocycles. The van der Waals surface area contributed by atoms with Gasteiger partial charge in [0.15, 0.2) is 0 Å². The molecule has 2 saturated heterocycles. The molecule has 7 nitrogen and oxygen atoms in total. The second kappa shape index (κ2) is 6.71. The van der Waals surface area contributed by atoms with E-state index in [-0.39, 0.29) is 12.1 Å². The lowest BCUT2D eigenvalue weighted by molar-refractivity contribution is 0.0325.